The van der Waals surface area contributed by atoms with Crippen LogP contribution in [0.2, 0.25) is 5.02 Å². The molecule has 0 aliphatic rings. The van der Waals surface area contributed by atoms with Crippen molar-refractivity contribution in [2.24, 2.45) is 0 Å². The van der Waals surface area contributed by atoms with Crippen molar-refractivity contribution in [1.82, 2.24) is 0 Å². The molecule has 1 rings (SSSR count). The first-order valence-electron chi connectivity index (χ1n) is 4.44. The quantitative estimate of drug-likeness (QED) is 0.899. The molecule has 16 heavy (non-hydrogen) atoms. The zero-order valence-electron chi connectivity index (χ0n) is 8.44. The number of aliphatic hydroxyl groups excluding tert-OH is 1. The average molecular weight is 255 g/mol. The molecule has 0 amide bonds. The number of halogens is 4. The van der Waals surface area contributed by atoms with E-state index in [4.69, 9.17) is 21.4 Å². The first-order valence-corrected chi connectivity index (χ1v) is 4.82. The van der Waals surface area contributed by atoms with Crippen LogP contribution in [0.5, 0.6) is 5.75 Å². The Hall–Kier alpha value is -0.940. The number of benzene rings is 1. The van der Waals surface area contributed by atoms with Gasteiger partial charge < -0.3 is 9.84 Å². The Morgan fingerprint density at radius 2 is 2.00 bits per heavy atom. The molecule has 1 aromatic carbocycles. The second-order valence-electron chi connectivity index (χ2n) is 3.12. The molecule has 0 bridgehead atoms. The summed E-state index contributed by atoms with van der Waals surface area (Å²) in [6.07, 6.45) is -4.47. The van der Waals surface area contributed by atoms with Crippen LogP contribution < -0.4 is 4.74 Å². The highest BCUT2D eigenvalue weighted by atomic mass is 35.5. The SMILES string of the molecule is COc1c(CCO)cc(Cl)cc1C(F)(F)F. The van der Waals surface area contributed by atoms with Crippen LogP contribution in [0.4, 0.5) is 13.2 Å². The van der Waals surface area contributed by atoms with E-state index in [9.17, 15) is 13.2 Å². The predicted molar refractivity (Wildman–Crippen MR) is 53.8 cm³/mol. The Morgan fingerprint density at radius 3 is 2.44 bits per heavy atom. The molecule has 2 nitrogen and oxygen atoms in total. The molecule has 0 radical (unpaired) electrons. The molecule has 6 heteroatoms. The highest BCUT2D eigenvalue weighted by molar-refractivity contribution is 6.30. The van der Waals surface area contributed by atoms with Crippen molar-refractivity contribution in [2.45, 2.75) is 12.6 Å². The number of aliphatic hydroxyl groups is 1. The van der Waals surface area contributed by atoms with Crippen LogP contribution in [0, 0.1) is 0 Å². The van der Waals surface area contributed by atoms with E-state index in [1.807, 2.05) is 0 Å². The van der Waals surface area contributed by atoms with E-state index in [1.54, 1.807) is 0 Å². The van der Waals surface area contributed by atoms with Gasteiger partial charge in [-0.3, -0.25) is 0 Å². The maximum atomic E-state index is 12.6. The predicted octanol–water partition coefficient (Wildman–Crippen LogP) is 2.90. The van der Waals surface area contributed by atoms with Gasteiger partial charge in [0.05, 0.1) is 12.7 Å². The molecule has 0 atom stereocenters. The van der Waals surface area contributed by atoms with Crippen molar-refractivity contribution in [2.75, 3.05) is 13.7 Å². The van der Waals surface area contributed by atoms with Crippen LogP contribution in [0.25, 0.3) is 0 Å². The van der Waals surface area contributed by atoms with Crippen LogP contribution in [-0.2, 0) is 12.6 Å². The average Bonchev–Trinajstić information content (AvgIpc) is 2.16. The summed E-state index contributed by atoms with van der Waals surface area (Å²) in [6.45, 7) is -0.270. The monoisotopic (exact) mass is 254 g/mol. The maximum Gasteiger partial charge on any atom is 0.420 e. The molecule has 0 heterocycles. The van der Waals surface area contributed by atoms with Gasteiger partial charge in [0.25, 0.3) is 0 Å². The molecule has 0 saturated heterocycles. The minimum atomic E-state index is -4.53. The molecule has 1 aromatic rings. The van der Waals surface area contributed by atoms with Gasteiger partial charge in [-0.05, 0) is 24.1 Å². The van der Waals surface area contributed by atoms with Gasteiger partial charge in [-0.25, -0.2) is 0 Å². The maximum absolute atomic E-state index is 12.6. The van der Waals surface area contributed by atoms with Crippen LogP contribution in [0.3, 0.4) is 0 Å². The van der Waals surface area contributed by atoms with Gasteiger partial charge in [0.2, 0.25) is 0 Å². The Morgan fingerprint density at radius 1 is 1.38 bits per heavy atom. The topological polar surface area (TPSA) is 29.5 Å². The van der Waals surface area contributed by atoms with Crippen LogP contribution in [0.15, 0.2) is 12.1 Å². The number of rotatable bonds is 3. The lowest BCUT2D eigenvalue weighted by molar-refractivity contribution is -0.138. The third-order valence-electron chi connectivity index (χ3n) is 2.02. The summed E-state index contributed by atoms with van der Waals surface area (Å²) in [7, 11) is 1.15. The highest BCUT2D eigenvalue weighted by Crippen LogP contribution is 2.40. The molecule has 90 valence electrons. The van der Waals surface area contributed by atoms with E-state index in [2.05, 4.69) is 0 Å². The van der Waals surface area contributed by atoms with Gasteiger partial charge in [-0.2, -0.15) is 13.2 Å². The summed E-state index contributed by atoms with van der Waals surface area (Å²) >= 11 is 5.58. The lowest BCUT2D eigenvalue weighted by Crippen LogP contribution is -2.10. The number of alkyl halides is 3. The smallest absolute Gasteiger partial charge is 0.420 e. The van der Waals surface area contributed by atoms with Gasteiger partial charge in [-0.1, -0.05) is 11.6 Å². The van der Waals surface area contributed by atoms with E-state index in [1.165, 1.54) is 6.07 Å². The molecule has 0 unspecified atom stereocenters. The normalized spacial score (nSPS) is 11.6. The van der Waals surface area contributed by atoms with Crippen molar-refractivity contribution in [3.05, 3.63) is 28.3 Å². The Labute approximate surface area is 95.6 Å². The van der Waals surface area contributed by atoms with Crippen LogP contribution >= 0.6 is 11.6 Å². The summed E-state index contributed by atoms with van der Waals surface area (Å²) < 4.78 is 42.6. The molecular formula is C10H10ClF3O2. The lowest BCUT2D eigenvalue weighted by Gasteiger charge is -2.15. The largest absolute Gasteiger partial charge is 0.496 e. The number of ether oxygens (including phenoxy) is 1. The molecule has 0 aromatic heterocycles. The summed E-state index contributed by atoms with van der Waals surface area (Å²) in [5.41, 5.74) is -0.684. The fourth-order valence-electron chi connectivity index (χ4n) is 1.41. The number of hydrogen-bond donors (Lipinski definition) is 1. The van der Waals surface area contributed by atoms with Gasteiger partial charge in [0.1, 0.15) is 5.75 Å². The van der Waals surface area contributed by atoms with E-state index < -0.39 is 11.7 Å². The Bertz CT molecular complexity index is 377. The van der Waals surface area contributed by atoms with Gasteiger partial charge in [-0.15, -0.1) is 0 Å². The van der Waals surface area contributed by atoms with Crippen molar-refractivity contribution in [1.29, 1.82) is 0 Å². The number of hydrogen-bond acceptors (Lipinski definition) is 2. The van der Waals surface area contributed by atoms with Crippen LogP contribution in [0.1, 0.15) is 11.1 Å². The molecule has 0 aliphatic heterocycles. The first kappa shape index (κ1) is 13.1. The minimum Gasteiger partial charge on any atom is -0.496 e. The molecule has 1 N–H and O–H groups in total. The second kappa shape index (κ2) is 4.93. The summed E-state index contributed by atoms with van der Waals surface area (Å²) in [5.74, 6) is -0.286. The van der Waals surface area contributed by atoms with E-state index in [0.29, 0.717) is 0 Å². The lowest BCUT2D eigenvalue weighted by atomic mass is 10.1. The minimum absolute atomic E-state index is 0.0309. The summed E-state index contributed by atoms with van der Waals surface area (Å²) in [5, 5.41) is 8.71. The molecule has 0 fully saturated rings. The fourth-order valence-corrected chi connectivity index (χ4v) is 1.65. The van der Waals surface area contributed by atoms with E-state index in [-0.39, 0.29) is 29.4 Å². The molecule has 0 aliphatic carbocycles. The van der Waals surface area contributed by atoms with Crippen molar-refractivity contribution in [3.8, 4) is 5.75 Å². The summed E-state index contributed by atoms with van der Waals surface area (Å²) in [4.78, 5) is 0. The van der Waals surface area contributed by atoms with Crippen molar-refractivity contribution in [3.63, 3.8) is 0 Å². The van der Waals surface area contributed by atoms with E-state index in [0.717, 1.165) is 13.2 Å². The van der Waals surface area contributed by atoms with Crippen LogP contribution in [-0.4, -0.2) is 18.8 Å². The summed E-state index contributed by atoms with van der Waals surface area (Å²) in [6, 6.07) is 2.16. The number of methoxy groups -OCH3 is 1. The van der Waals surface area contributed by atoms with Gasteiger partial charge in [0.15, 0.2) is 0 Å². The zero-order chi connectivity index (χ0) is 12.3. The third-order valence-corrected chi connectivity index (χ3v) is 2.24. The fraction of sp³-hybridized carbons (Fsp3) is 0.400. The molecule has 0 saturated carbocycles. The Balaban J connectivity index is 3.36. The van der Waals surface area contributed by atoms with E-state index >= 15 is 0 Å². The third kappa shape index (κ3) is 2.80. The van der Waals surface area contributed by atoms with Gasteiger partial charge >= 0.3 is 6.18 Å². The first-order chi connectivity index (χ1) is 7.40. The second-order valence-corrected chi connectivity index (χ2v) is 3.55. The van der Waals surface area contributed by atoms with Gasteiger partial charge in [0, 0.05) is 11.6 Å². The van der Waals surface area contributed by atoms with Crippen molar-refractivity contribution >= 4 is 11.6 Å². The Kier molecular flexibility index (Phi) is 4.04. The molecular weight excluding hydrogens is 245 g/mol. The standard InChI is InChI=1S/C10H10ClF3O2/c1-16-9-6(2-3-15)4-7(11)5-8(9)10(12,13)14/h4-5,15H,2-3H2,1H3. The van der Waals surface area contributed by atoms with Crippen molar-refractivity contribution < 1.29 is 23.0 Å². The zero-order valence-corrected chi connectivity index (χ0v) is 9.19. The molecule has 0 spiro atoms. The highest BCUT2D eigenvalue weighted by Gasteiger charge is 2.35.